The van der Waals surface area contributed by atoms with Crippen molar-refractivity contribution in [3.63, 3.8) is 0 Å². The average Bonchev–Trinajstić information content (AvgIpc) is 2.40. The third kappa shape index (κ3) is 2.51. The normalized spacial score (nSPS) is 10.6. The fourth-order valence-corrected chi connectivity index (χ4v) is 1.81. The summed E-state index contributed by atoms with van der Waals surface area (Å²) in [4.78, 5) is 12.0. The minimum atomic E-state index is 0.0481. The van der Waals surface area contributed by atoms with Crippen LogP contribution in [0.3, 0.4) is 0 Å². The molecule has 84 valence electrons. The lowest BCUT2D eigenvalue weighted by Gasteiger charge is -2.06. The van der Waals surface area contributed by atoms with E-state index in [1.54, 1.807) is 12.2 Å². The lowest BCUT2D eigenvalue weighted by atomic mass is 9.97. The van der Waals surface area contributed by atoms with Crippen LogP contribution in [0.2, 0.25) is 0 Å². The third-order valence-corrected chi connectivity index (χ3v) is 2.60. The highest BCUT2D eigenvalue weighted by Gasteiger charge is 2.08. The first kappa shape index (κ1) is 11.3. The average molecular weight is 222 g/mol. The Morgan fingerprint density at radius 3 is 2.29 bits per heavy atom. The van der Waals surface area contributed by atoms with Gasteiger partial charge in [0.25, 0.3) is 0 Å². The summed E-state index contributed by atoms with van der Waals surface area (Å²) in [6, 6.07) is 17.6. The highest BCUT2D eigenvalue weighted by atomic mass is 16.1. The quantitative estimate of drug-likeness (QED) is 0.564. The van der Waals surface area contributed by atoms with Crippen LogP contribution in [0.25, 0.3) is 11.1 Å². The van der Waals surface area contributed by atoms with Crippen molar-refractivity contribution >= 4 is 5.78 Å². The van der Waals surface area contributed by atoms with Crippen molar-refractivity contribution in [2.24, 2.45) is 0 Å². The number of hydrogen-bond acceptors (Lipinski definition) is 1. The molecule has 0 radical (unpaired) electrons. The van der Waals surface area contributed by atoms with E-state index in [0.29, 0.717) is 0 Å². The Morgan fingerprint density at radius 1 is 0.941 bits per heavy atom. The first-order valence-corrected chi connectivity index (χ1v) is 5.64. The predicted molar refractivity (Wildman–Crippen MR) is 71.0 cm³/mol. The lowest BCUT2D eigenvalue weighted by Crippen LogP contribution is -1.97. The molecule has 0 atom stereocenters. The van der Waals surface area contributed by atoms with Gasteiger partial charge in [0.2, 0.25) is 0 Å². The molecule has 2 rings (SSSR count). The van der Waals surface area contributed by atoms with Crippen molar-refractivity contribution in [2.75, 3.05) is 0 Å². The van der Waals surface area contributed by atoms with Gasteiger partial charge in [-0.15, -0.1) is 0 Å². The van der Waals surface area contributed by atoms with E-state index in [1.165, 1.54) is 0 Å². The van der Waals surface area contributed by atoms with Crippen LogP contribution in [-0.4, -0.2) is 5.78 Å². The van der Waals surface area contributed by atoms with Crippen LogP contribution in [0.5, 0.6) is 0 Å². The van der Waals surface area contributed by atoms with Gasteiger partial charge in [-0.3, -0.25) is 4.79 Å². The van der Waals surface area contributed by atoms with Crippen LogP contribution in [0.4, 0.5) is 0 Å². The Bertz CT molecular complexity index is 538. The molecule has 0 saturated carbocycles. The Balaban J connectivity index is 2.52. The van der Waals surface area contributed by atoms with Crippen molar-refractivity contribution in [2.45, 2.75) is 6.92 Å². The zero-order valence-electron chi connectivity index (χ0n) is 9.76. The molecule has 0 amide bonds. The van der Waals surface area contributed by atoms with Gasteiger partial charge in [0.1, 0.15) is 0 Å². The van der Waals surface area contributed by atoms with Crippen LogP contribution in [0.1, 0.15) is 17.3 Å². The molecule has 0 heterocycles. The number of ketones is 1. The van der Waals surface area contributed by atoms with Crippen LogP contribution >= 0.6 is 0 Å². The van der Waals surface area contributed by atoms with Crippen LogP contribution in [0, 0.1) is 0 Å². The number of hydrogen-bond donors (Lipinski definition) is 0. The highest BCUT2D eigenvalue weighted by Crippen LogP contribution is 2.23. The topological polar surface area (TPSA) is 17.1 Å². The van der Waals surface area contributed by atoms with E-state index in [4.69, 9.17) is 0 Å². The van der Waals surface area contributed by atoms with Gasteiger partial charge >= 0.3 is 0 Å². The van der Waals surface area contributed by atoms with Gasteiger partial charge in [0.15, 0.2) is 5.78 Å². The maximum Gasteiger partial charge on any atom is 0.186 e. The van der Waals surface area contributed by atoms with Crippen molar-refractivity contribution in [1.29, 1.82) is 0 Å². The summed E-state index contributed by atoms with van der Waals surface area (Å²) < 4.78 is 0. The summed E-state index contributed by atoms with van der Waals surface area (Å²) in [5.74, 6) is 0.0481. The predicted octanol–water partition coefficient (Wildman–Crippen LogP) is 4.11. The minimum Gasteiger partial charge on any atom is -0.289 e. The van der Waals surface area contributed by atoms with Crippen molar-refractivity contribution < 1.29 is 4.79 Å². The standard InChI is InChI=1S/C16H14O/c1-2-8-16(17)15-12-7-6-11-14(15)13-9-4-3-5-10-13/h2-12H,1H3/b8-2+. The number of carbonyl (C=O) groups is 1. The van der Waals surface area contributed by atoms with E-state index in [9.17, 15) is 4.79 Å². The van der Waals surface area contributed by atoms with Gasteiger partial charge in [0, 0.05) is 5.56 Å². The molecule has 0 fully saturated rings. The van der Waals surface area contributed by atoms with Gasteiger partial charge in [-0.05, 0) is 24.1 Å². The van der Waals surface area contributed by atoms with Crippen LogP contribution in [0.15, 0.2) is 66.7 Å². The van der Waals surface area contributed by atoms with Gasteiger partial charge in [0.05, 0.1) is 0 Å². The molecule has 0 bridgehead atoms. The molecule has 0 aliphatic carbocycles. The largest absolute Gasteiger partial charge is 0.289 e. The number of carbonyl (C=O) groups excluding carboxylic acids is 1. The summed E-state index contributed by atoms with van der Waals surface area (Å²) in [5.41, 5.74) is 2.80. The molecule has 1 nitrogen and oxygen atoms in total. The second-order valence-electron chi connectivity index (χ2n) is 3.78. The Labute approximate surface area is 101 Å². The lowest BCUT2D eigenvalue weighted by molar-refractivity contribution is 0.104. The van der Waals surface area contributed by atoms with Crippen LogP contribution < -0.4 is 0 Å². The van der Waals surface area contributed by atoms with E-state index in [-0.39, 0.29) is 5.78 Å². The first-order valence-electron chi connectivity index (χ1n) is 5.64. The number of rotatable bonds is 3. The van der Waals surface area contributed by atoms with Gasteiger partial charge in [-0.25, -0.2) is 0 Å². The van der Waals surface area contributed by atoms with Gasteiger partial charge in [-0.1, -0.05) is 60.7 Å². The van der Waals surface area contributed by atoms with E-state index in [1.807, 2.05) is 61.5 Å². The minimum absolute atomic E-state index is 0.0481. The Morgan fingerprint density at radius 2 is 1.59 bits per heavy atom. The molecule has 17 heavy (non-hydrogen) atoms. The van der Waals surface area contributed by atoms with E-state index in [0.717, 1.165) is 16.7 Å². The summed E-state index contributed by atoms with van der Waals surface area (Å²) >= 11 is 0. The summed E-state index contributed by atoms with van der Waals surface area (Å²) in [6.45, 7) is 1.85. The van der Waals surface area contributed by atoms with Crippen LogP contribution in [-0.2, 0) is 0 Å². The summed E-state index contributed by atoms with van der Waals surface area (Å²) in [7, 11) is 0. The second-order valence-corrected chi connectivity index (χ2v) is 3.78. The monoisotopic (exact) mass is 222 g/mol. The highest BCUT2D eigenvalue weighted by molar-refractivity contribution is 6.09. The first-order chi connectivity index (χ1) is 8.33. The fourth-order valence-electron chi connectivity index (χ4n) is 1.81. The van der Waals surface area contributed by atoms with Crippen molar-refractivity contribution in [3.8, 4) is 11.1 Å². The molecule has 0 aliphatic heterocycles. The Kier molecular flexibility index (Phi) is 3.51. The second kappa shape index (κ2) is 5.26. The fraction of sp³-hybridized carbons (Fsp3) is 0.0625. The maximum atomic E-state index is 12.0. The maximum absolute atomic E-state index is 12.0. The molecule has 0 spiro atoms. The molecule has 1 heteroatoms. The number of allylic oxidation sites excluding steroid dienone is 2. The molecule has 2 aromatic rings. The molecule has 0 N–H and O–H groups in total. The van der Waals surface area contributed by atoms with Crippen molar-refractivity contribution in [1.82, 2.24) is 0 Å². The summed E-state index contributed by atoms with van der Waals surface area (Å²) in [5, 5.41) is 0. The summed E-state index contributed by atoms with van der Waals surface area (Å²) in [6.07, 6.45) is 3.37. The zero-order valence-corrected chi connectivity index (χ0v) is 9.76. The molecule has 0 aliphatic rings. The van der Waals surface area contributed by atoms with E-state index in [2.05, 4.69) is 0 Å². The van der Waals surface area contributed by atoms with Gasteiger partial charge in [-0.2, -0.15) is 0 Å². The van der Waals surface area contributed by atoms with E-state index >= 15 is 0 Å². The molecule has 0 unspecified atom stereocenters. The molecule has 0 aromatic heterocycles. The SMILES string of the molecule is C/C=C/C(=O)c1ccccc1-c1ccccc1. The van der Waals surface area contributed by atoms with Gasteiger partial charge < -0.3 is 0 Å². The Hall–Kier alpha value is -2.15. The molecule has 0 saturated heterocycles. The zero-order chi connectivity index (χ0) is 12.1. The molecular formula is C16H14O. The number of benzene rings is 2. The smallest absolute Gasteiger partial charge is 0.186 e. The third-order valence-electron chi connectivity index (χ3n) is 2.60. The van der Waals surface area contributed by atoms with Crippen molar-refractivity contribution in [3.05, 3.63) is 72.3 Å². The van der Waals surface area contributed by atoms with E-state index < -0.39 is 0 Å². The molecular weight excluding hydrogens is 208 g/mol. The molecule has 2 aromatic carbocycles.